The highest BCUT2D eigenvalue weighted by atomic mass is 16.5. The normalized spacial score (nSPS) is 18.3. The Morgan fingerprint density at radius 2 is 2.31 bits per heavy atom. The Balaban J connectivity index is 1.85. The van der Waals surface area contributed by atoms with Gasteiger partial charge >= 0.3 is 6.09 Å². The van der Waals surface area contributed by atoms with Crippen molar-refractivity contribution >= 4 is 24.6 Å². The van der Waals surface area contributed by atoms with Crippen LogP contribution in [0.25, 0.3) is 0 Å². The van der Waals surface area contributed by atoms with Crippen LogP contribution in [0.2, 0.25) is 0 Å². The summed E-state index contributed by atoms with van der Waals surface area (Å²) in [4.78, 5) is 40.9. The average Bonchev–Trinajstić information content (AvgIpc) is 2.70. The molecule has 2 amide bonds. The number of rotatable bonds is 5. The van der Waals surface area contributed by atoms with Crippen LogP contribution < -0.4 is 20.5 Å². The molecule has 0 bridgehead atoms. The van der Waals surface area contributed by atoms with Crippen molar-refractivity contribution in [2.45, 2.75) is 6.17 Å². The number of methoxy groups -OCH3 is 1. The number of hydrogen-bond donors (Lipinski definition) is 2. The maximum Gasteiger partial charge on any atom is 0.421 e. The molecule has 0 aromatic carbocycles. The van der Waals surface area contributed by atoms with Crippen LogP contribution >= 0.6 is 0 Å². The molecule has 1 aromatic rings. The Kier molecular flexibility index (Phi) is 5.13. The van der Waals surface area contributed by atoms with Gasteiger partial charge in [0.05, 0.1) is 13.7 Å². The molecule has 136 valence electrons. The third-order valence-corrected chi connectivity index (χ3v) is 3.83. The molecule has 3 rings (SSSR count). The maximum atomic E-state index is 11.2. The van der Waals surface area contributed by atoms with E-state index in [1.807, 2.05) is 4.90 Å². The first-order chi connectivity index (χ1) is 12.7. The number of amides is 2. The molecule has 1 aromatic heterocycles. The molecule has 1 unspecified atom stereocenters. The smallest absolute Gasteiger partial charge is 0.421 e. The Hall–Kier alpha value is -3.40. The first-order valence-electron chi connectivity index (χ1n) is 7.74. The predicted octanol–water partition coefficient (Wildman–Crippen LogP) is 0.149. The van der Waals surface area contributed by atoms with Crippen molar-refractivity contribution in [1.82, 2.24) is 20.7 Å². The SMILES string of the molecule is COC(=O)NNC1C=C(N2CCOc3cc(C=O)cnc32)C=CN1C=O. The van der Waals surface area contributed by atoms with Gasteiger partial charge < -0.3 is 19.3 Å². The predicted molar refractivity (Wildman–Crippen MR) is 90.1 cm³/mol. The van der Waals surface area contributed by atoms with Gasteiger partial charge in [0.2, 0.25) is 6.41 Å². The van der Waals surface area contributed by atoms with Crippen molar-refractivity contribution in [3.63, 3.8) is 0 Å². The quantitative estimate of drug-likeness (QED) is 0.564. The minimum atomic E-state index is -0.680. The number of allylic oxidation sites excluding steroid dienone is 1. The number of ether oxygens (including phenoxy) is 2. The largest absolute Gasteiger partial charge is 0.488 e. The number of carbonyl (C=O) groups is 3. The standard InChI is InChI=1S/C16H17N5O5/c1-25-16(24)19-18-14-7-12(2-3-20(14)10-23)21-4-5-26-13-6-11(9-22)8-17-15(13)21/h2-3,6-10,14,18H,4-5H2,1H3,(H,19,24). The van der Waals surface area contributed by atoms with Crippen molar-refractivity contribution in [3.05, 3.63) is 41.9 Å². The molecule has 2 N–H and O–H groups in total. The van der Waals surface area contributed by atoms with Gasteiger partial charge in [0.1, 0.15) is 12.8 Å². The minimum Gasteiger partial charge on any atom is -0.488 e. The maximum absolute atomic E-state index is 11.2. The van der Waals surface area contributed by atoms with Crippen LogP contribution in [0.15, 0.2) is 36.3 Å². The van der Waals surface area contributed by atoms with E-state index < -0.39 is 12.3 Å². The molecule has 0 fully saturated rings. The number of hydrogen-bond acceptors (Lipinski definition) is 8. The zero-order valence-corrected chi connectivity index (χ0v) is 13.9. The molecule has 3 heterocycles. The fraction of sp³-hybridized carbons (Fsp3) is 0.250. The van der Waals surface area contributed by atoms with E-state index >= 15 is 0 Å². The third-order valence-electron chi connectivity index (χ3n) is 3.83. The highest BCUT2D eigenvalue weighted by Gasteiger charge is 2.26. The lowest BCUT2D eigenvalue weighted by Crippen LogP contribution is -2.51. The molecule has 2 aliphatic rings. The molecule has 0 saturated carbocycles. The van der Waals surface area contributed by atoms with Gasteiger partial charge in [-0.1, -0.05) is 0 Å². The molecule has 0 saturated heterocycles. The summed E-state index contributed by atoms with van der Waals surface area (Å²) >= 11 is 0. The van der Waals surface area contributed by atoms with E-state index in [4.69, 9.17) is 4.74 Å². The first-order valence-corrected chi connectivity index (χ1v) is 7.74. The second-order valence-corrected chi connectivity index (χ2v) is 5.37. The van der Waals surface area contributed by atoms with E-state index in [2.05, 4.69) is 20.6 Å². The minimum absolute atomic E-state index is 0.415. The van der Waals surface area contributed by atoms with E-state index in [0.29, 0.717) is 43.0 Å². The average molecular weight is 359 g/mol. The summed E-state index contributed by atoms with van der Waals surface area (Å²) in [6, 6.07) is 1.63. The van der Waals surface area contributed by atoms with Gasteiger partial charge in [0.15, 0.2) is 17.9 Å². The molecule has 10 heteroatoms. The van der Waals surface area contributed by atoms with E-state index in [-0.39, 0.29) is 0 Å². The molecule has 0 radical (unpaired) electrons. The summed E-state index contributed by atoms with van der Waals surface area (Å²) in [5, 5.41) is 0. The summed E-state index contributed by atoms with van der Waals surface area (Å²) in [6.45, 7) is 0.951. The van der Waals surface area contributed by atoms with Crippen molar-refractivity contribution in [2.24, 2.45) is 0 Å². The monoisotopic (exact) mass is 359 g/mol. The number of hydrazine groups is 1. The molecule has 26 heavy (non-hydrogen) atoms. The lowest BCUT2D eigenvalue weighted by atomic mass is 10.2. The molecule has 0 aliphatic carbocycles. The van der Waals surface area contributed by atoms with Gasteiger partial charge in [-0.25, -0.2) is 15.2 Å². The molecular formula is C16H17N5O5. The lowest BCUT2D eigenvalue weighted by molar-refractivity contribution is -0.117. The Morgan fingerprint density at radius 3 is 3.04 bits per heavy atom. The topological polar surface area (TPSA) is 113 Å². The van der Waals surface area contributed by atoms with Crippen LogP contribution in [-0.4, -0.2) is 55.1 Å². The molecule has 1 atom stereocenters. The third kappa shape index (κ3) is 3.49. The number of anilines is 1. The van der Waals surface area contributed by atoms with Crippen molar-refractivity contribution < 1.29 is 23.9 Å². The number of nitrogens with one attached hydrogen (secondary N) is 2. The number of aromatic nitrogens is 1. The van der Waals surface area contributed by atoms with Gasteiger partial charge in [0.25, 0.3) is 0 Å². The fourth-order valence-corrected chi connectivity index (χ4v) is 2.57. The summed E-state index contributed by atoms with van der Waals surface area (Å²) in [6.07, 6.45) is 6.56. The van der Waals surface area contributed by atoms with Crippen LogP contribution in [-0.2, 0) is 9.53 Å². The summed E-state index contributed by atoms with van der Waals surface area (Å²) in [5.41, 5.74) is 6.22. The van der Waals surface area contributed by atoms with Gasteiger partial charge in [-0.05, 0) is 18.2 Å². The Morgan fingerprint density at radius 1 is 1.46 bits per heavy atom. The van der Waals surface area contributed by atoms with Gasteiger partial charge in [-0.15, -0.1) is 0 Å². The van der Waals surface area contributed by atoms with Gasteiger partial charge in [0, 0.05) is 23.7 Å². The van der Waals surface area contributed by atoms with Crippen LogP contribution in [0, 0.1) is 0 Å². The number of pyridine rings is 1. The van der Waals surface area contributed by atoms with E-state index in [9.17, 15) is 14.4 Å². The number of aldehydes is 1. The summed E-state index contributed by atoms with van der Waals surface area (Å²) in [5.74, 6) is 1.07. The summed E-state index contributed by atoms with van der Waals surface area (Å²) in [7, 11) is 1.24. The second-order valence-electron chi connectivity index (χ2n) is 5.37. The highest BCUT2D eigenvalue weighted by molar-refractivity contribution is 5.77. The zero-order valence-electron chi connectivity index (χ0n) is 13.9. The van der Waals surface area contributed by atoms with Crippen molar-refractivity contribution in [1.29, 1.82) is 0 Å². The first kappa shape index (κ1) is 17.4. The zero-order chi connectivity index (χ0) is 18.5. The Labute approximate surface area is 149 Å². The lowest BCUT2D eigenvalue weighted by Gasteiger charge is -2.34. The van der Waals surface area contributed by atoms with Gasteiger partial charge in [-0.3, -0.25) is 15.0 Å². The van der Waals surface area contributed by atoms with Crippen molar-refractivity contribution in [2.75, 3.05) is 25.2 Å². The summed E-state index contributed by atoms with van der Waals surface area (Å²) < 4.78 is 10.1. The van der Waals surface area contributed by atoms with E-state index in [1.165, 1.54) is 18.2 Å². The number of nitrogens with zero attached hydrogens (tertiary/aromatic N) is 3. The van der Waals surface area contributed by atoms with Crippen LogP contribution in [0.4, 0.5) is 10.6 Å². The fourth-order valence-electron chi connectivity index (χ4n) is 2.57. The van der Waals surface area contributed by atoms with Crippen LogP contribution in [0.5, 0.6) is 5.75 Å². The molecule has 0 spiro atoms. The second kappa shape index (κ2) is 7.66. The van der Waals surface area contributed by atoms with Crippen molar-refractivity contribution in [3.8, 4) is 5.75 Å². The number of fused-ring (bicyclic) bond motifs is 1. The number of carbonyl (C=O) groups excluding carboxylic acids is 3. The van der Waals surface area contributed by atoms with E-state index in [1.54, 1.807) is 24.4 Å². The van der Waals surface area contributed by atoms with E-state index in [0.717, 1.165) is 5.70 Å². The highest BCUT2D eigenvalue weighted by Crippen LogP contribution is 2.33. The molecule has 10 nitrogen and oxygen atoms in total. The van der Waals surface area contributed by atoms with Crippen LogP contribution in [0.3, 0.4) is 0 Å². The van der Waals surface area contributed by atoms with Gasteiger partial charge in [-0.2, -0.15) is 0 Å². The molecule has 2 aliphatic heterocycles. The van der Waals surface area contributed by atoms with Crippen LogP contribution in [0.1, 0.15) is 10.4 Å². The Bertz CT molecular complexity index is 778. The molecular weight excluding hydrogens is 342 g/mol.